The molecule has 8 heteroatoms. The lowest BCUT2D eigenvalue weighted by Crippen LogP contribution is -2.28. The number of nitrogens with one attached hydrogen (secondary N) is 2. The average Bonchev–Trinajstić information content (AvgIpc) is 3.31. The fourth-order valence-electron chi connectivity index (χ4n) is 2.45. The smallest absolute Gasteiger partial charge is 0.319 e. The van der Waals surface area contributed by atoms with Crippen molar-refractivity contribution in [1.29, 1.82) is 0 Å². The van der Waals surface area contributed by atoms with E-state index in [0.29, 0.717) is 29.5 Å². The summed E-state index contributed by atoms with van der Waals surface area (Å²) in [6, 6.07) is 10.5. The summed E-state index contributed by atoms with van der Waals surface area (Å²) in [6.07, 6.45) is 6.81. The van der Waals surface area contributed by atoms with Crippen molar-refractivity contribution in [3.8, 4) is 11.4 Å². The number of nitrogens with zero attached hydrogens (tertiary/aromatic N) is 4. The van der Waals surface area contributed by atoms with E-state index in [-0.39, 0.29) is 6.03 Å². The minimum Gasteiger partial charge on any atom is -0.467 e. The number of furan rings is 1. The summed E-state index contributed by atoms with van der Waals surface area (Å²) in [5.41, 5.74) is 1.95. The van der Waals surface area contributed by atoms with Crippen LogP contribution in [-0.4, -0.2) is 25.6 Å². The van der Waals surface area contributed by atoms with Gasteiger partial charge in [-0.3, -0.25) is 9.38 Å². The number of anilines is 1. The number of pyridine rings is 2. The van der Waals surface area contributed by atoms with E-state index in [1.54, 1.807) is 41.3 Å². The Morgan fingerprint density at radius 1 is 1.16 bits per heavy atom. The third kappa shape index (κ3) is 3.05. The lowest BCUT2D eigenvalue weighted by Gasteiger charge is -2.07. The van der Waals surface area contributed by atoms with Crippen LogP contribution in [0.2, 0.25) is 0 Å². The van der Waals surface area contributed by atoms with Gasteiger partial charge in [-0.05, 0) is 36.4 Å². The molecule has 0 radical (unpaired) electrons. The van der Waals surface area contributed by atoms with Gasteiger partial charge in [0.15, 0.2) is 11.5 Å². The second kappa shape index (κ2) is 6.44. The lowest BCUT2D eigenvalue weighted by atomic mass is 10.2. The van der Waals surface area contributed by atoms with Crippen LogP contribution >= 0.6 is 0 Å². The van der Waals surface area contributed by atoms with Gasteiger partial charge in [0.25, 0.3) is 0 Å². The fraction of sp³-hybridized carbons (Fsp3) is 0.0588. The third-order valence-corrected chi connectivity index (χ3v) is 3.61. The minimum atomic E-state index is -0.351. The number of hydrogen-bond donors (Lipinski definition) is 2. The highest BCUT2D eigenvalue weighted by atomic mass is 16.3. The Hall–Kier alpha value is -3.68. The number of amides is 2. The van der Waals surface area contributed by atoms with Crippen molar-refractivity contribution < 1.29 is 9.21 Å². The highest BCUT2D eigenvalue weighted by Crippen LogP contribution is 2.21. The zero-order chi connectivity index (χ0) is 17.1. The molecule has 0 aliphatic heterocycles. The molecule has 4 heterocycles. The van der Waals surface area contributed by atoms with Gasteiger partial charge in [0, 0.05) is 24.2 Å². The Kier molecular flexibility index (Phi) is 3.83. The first-order valence-electron chi connectivity index (χ1n) is 7.62. The number of fused-ring (bicyclic) bond motifs is 1. The topological polar surface area (TPSA) is 97.4 Å². The van der Waals surface area contributed by atoms with Crippen LogP contribution in [0.15, 0.2) is 65.7 Å². The zero-order valence-corrected chi connectivity index (χ0v) is 13.1. The van der Waals surface area contributed by atoms with E-state index < -0.39 is 0 Å². The van der Waals surface area contributed by atoms with Crippen molar-refractivity contribution in [2.75, 3.05) is 5.32 Å². The SMILES string of the molecule is O=C(NCc1ccco1)Nc1cccn2c(-c3cccnc3)nnc12. The third-order valence-electron chi connectivity index (χ3n) is 3.61. The molecule has 124 valence electrons. The maximum absolute atomic E-state index is 12.1. The van der Waals surface area contributed by atoms with Gasteiger partial charge in [0.1, 0.15) is 5.76 Å². The maximum atomic E-state index is 12.1. The van der Waals surface area contributed by atoms with E-state index in [0.717, 1.165) is 5.56 Å². The Morgan fingerprint density at radius 3 is 2.92 bits per heavy atom. The number of rotatable bonds is 4. The summed E-state index contributed by atoms with van der Waals surface area (Å²) in [6.45, 7) is 0.301. The molecule has 0 spiro atoms. The average molecular weight is 334 g/mol. The van der Waals surface area contributed by atoms with Crippen molar-refractivity contribution in [3.63, 3.8) is 0 Å². The number of urea groups is 1. The molecule has 4 rings (SSSR count). The van der Waals surface area contributed by atoms with E-state index in [9.17, 15) is 4.79 Å². The summed E-state index contributed by atoms with van der Waals surface area (Å²) in [5.74, 6) is 1.33. The molecule has 0 saturated carbocycles. The van der Waals surface area contributed by atoms with Crippen LogP contribution in [0, 0.1) is 0 Å². The summed E-state index contributed by atoms with van der Waals surface area (Å²) in [4.78, 5) is 16.2. The van der Waals surface area contributed by atoms with Crippen LogP contribution in [0.3, 0.4) is 0 Å². The largest absolute Gasteiger partial charge is 0.467 e. The second-order valence-electron chi connectivity index (χ2n) is 5.27. The van der Waals surface area contributed by atoms with Crippen molar-refractivity contribution in [3.05, 3.63) is 67.0 Å². The number of hydrogen-bond acceptors (Lipinski definition) is 5. The van der Waals surface area contributed by atoms with Crippen LogP contribution in [-0.2, 0) is 6.54 Å². The molecule has 0 fully saturated rings. The number of carbonyl (C=O) groups is 1. The van der Waals surface area contributed by atoms with Gasteiger partial charge < -0.3 is 15.1 Å². The van der Waals surface area contributed by atoms with Crippen LogP contribution in [0.4, 0.5) is 10.5 Å². The molecule has 2 N–H and O–H groups in total. The van der Waals surface area contributed by atoms with Gasteiger partial charge in [-0.1, -0.05) is 0 Å². The molecule has 0 bridgehead atoms. The van der Waals surface area contributed by atoms with E-state index in [1.165, 1.54) is 0 Å². The lowest BCUT2D eigenvalue weighted by molar-refractivity contribution is 0.251. The van der Waals surface area contributed by atoms with Gasteiger partial charge in [-0.25, -0.2) is 4.79 Å². The molecule has 0 aromatic carbocycles. The van der Waals surface area contributed by atoms with Crippen LogP contribution in [0.5, 0.6) is 0 Å². The molecule has 4 aromatic rings. The maximum Gasteiger partial charge on any atom is 0.319 e. The Balaban J connectivity index is 1.56. The van der Waals surface area contributed by atoms with Gasteiger partial charge in [0.2, 0.25) is 0 Å². The Bertz CT molecular complexity index is 995. The number of carbonyl (C=O) groups excluding carboxylic acids is 1. The molecule has 0 aliphatic rings. The van der Waals surface area contributed by atoms with Gasteiger partial charge in [0.05, 0.1) is 18.5 Å². The van der Waals surface area contributed by atoms with Crippen molar-refractivity contribution in [1.82, 2.24) is 24.9 Å². The zero-order valence-electron chi connectivity index (χ0n) is 13.1. The monoisotopic (exact) mass is 334 g/mol. The number of aromatic nitrogens is 4. The Morgan fingerprint density at radius 2 is 2.12 bits per heavy atom. The molecular formula is C17H14N6O2. The first-order valence-corrected chi connectivity index (χ1v) is 7.62. The molecule has 0 unspecified atom stereocenters. The second-order valence-corrected chi connectivity index (χ2v) is 5.27. The van der Waals surface area contributed by atoms with Crippen LogP contribution in [0.25, 0.3) is 17.0 Å². The van der Waals surface area contributed by atoms with Crippen molar-refractivity contribution >= 4 is 17.4 Å². The molecule has 2 amide bonds. The molecule has 0 atom stereocenters. The van der Waals surface area contributed by atoms with Crippen LogP contribution < -0.4 is 10.6 Å². The molecule has 25 heavy (non-hydrogen) atoms. The first kappa shape index (κ1) is 14.9. The van der Waals surface area contributed by atoms with Gasteiger partial charge in [-0.15, -0.1) is 10.2 Å². The van der Waals surface area contributed by atoms with Gasteiger partial charge >= 0.3 is 6.03 Å². The first-order chi connectivity index (χ1) is 12.3. The molecule has 0 saturated heterocycles. The molecule has 0 aliphatic carbocycles. The standard InChI is InChI=1S/C17H14N6O2/c24-17(19-11-13-5-3-9-25-13)20-14-6-2-8-23-15(21-22-16(14)23)12-4-1-7-18-10-12/h1-10H,11H2,(H2,19,20,24). The van der Waals surface area contributed by atoms with E-state index in [1.807, 2.05) is 24.4 Å². The summed E-state index contributed by atoms with van der Waals surface area (Å²) in [5, 5.41) is 13.9. The predicted molar refractivity (Wildman–Crippen MR) is 90.8 cm³/mol. The van der Waals surface area contributed by atoms with E-state index >= 15 is 0 Å². The fourth-order valence-corrected chi connectivity index (χ4v) is 2.45. The quantitative estimate of drug-likeness (QED) is 0.598. The highest BCUT2D eigenvalue weighted by Gasteiger charge is 2.12. The Labute approximate surface area is 142 Å². The molecular weight excluding hydrogens is 320 g/mol. The van der Waals surface area contributed by atoms with E-state index in [4.69, 9.17) is 4.42 Å². The summed E-state index contributed by atoms with van der Waals surface area (Å²) < 4.78 is 6.99. The summed E-state index contributed by atoms with van der Waals surface area (Å²) >= 11 is 0. The minimum absolute atomic E-state index is 0.301. The van der Waals surface area contributed by atoms with Crippen molar-refractivity contribution in [2.24, 2.45) is 0 Å². The van der Waals surface area contributed by atoms with E-state index in [2.05, 4.69) is 25.8 Å². The molecule has 8 nitrogen and oxygen atoms in total. The van der Waals surface area contributed by atoms with Crippen molar-refractivity contribution in [2.45, 2.75) is 6.54 Å². The summed E-state index contributed by atoms with van der Waals surface area (Å²) in [7, 11) is 0. The van der Waals surface area contributed by atoms with Crippen LogP contribution in [0.1, 0.15) is 5.76 Å². The predicted octanol–water partition coefficient (Wildman–Crippen LogP) is 2.71. The normalized spacial score (nSPS) is 10.7. The highest BCUT2D eigenvalue weighted by molar-refractivity contribution is 5.93. The molecule has 4 aromatic heterocycles. The van der Waals surface area contributed by atoms with Gasteiger partial charge in [-0.2, -0.15) is 0 Å².